The van der Waals surface area contributed by atoms with Crippen LogP contribution in [0, 0.1) is 12.8 Å². The van der Waals surface area contributed by atoms with Crippen LogP contribution in [0.25, 0.3) is 28.2 Å². The predicted octanol–water partition coefficient (Wildman–Crippen LogP) is 6.60. The van der Waals surface area contributed by atoms with Crippen LogP contribution in [0.3, 0.4) is 0 Å². The van der Waals surface area contributed by atoms with Crippen LogP contribution in [-0.4, -0.2) is 29.5 Å². The predicted molar refractivity (Wildman–Crippen MR) is 136 cm³/mol. The van der Waals surface area contributed by atoms with E-state index in [1.807, 2.05) is 23.6 Å². The maximum atomic E-state index is 13.5. The number of thiazole rings is 1. The Balaban J connectivity index is 1.58. The Morgan fingerprint density at radius 1 is 1.14 bits per heavy atom. The summed E-state index contributed by atoms with van der Waals surface area (Å²) >= 11 is 1.33. The van der Waals surface area contributed by atoms with Crippen molar-refractivity contribution in [1.82, 2.24) is 9.38 Å². The molecule has 4 aromatic rings. The van der Waals surface area contributed by atoms with Crippen LogP contribution in [0.15, 0.2) is 52.6 Å². The highest BCUT2D eigenvalue weighted by molar-refractivity contribution is 7.15. The van der Waals surface area contributed by atoms with E-state index in [1.54, 1.807) is 26.2 Å². The van der Waals surface area contributed by atoms with Crippen molar-refractivity contribution in [2.45, 2.75) is 26.1 Å². The van der Waals surface area contributed by atoms with Crippen LogP contribution in [0.4, 0.5) is 13.2 Å². The van der Waals surface area contributed by atoms with Gasteiger partial charge in [-0.25, -0.2) is 4.98 Å². The summed E-state index contributed by atoms with van der Waals surface area (Å²) in [6.07, 6.45) is 0.993. The number of alkyl halides is 3. The van der Waals surface area contributed by atoms with Gasteiger partial charge in [-0.05, 0) is 61.6 Å². The summed E-state index contributed by atoms with van der Waals surface area (Å²) in [6.45, 7) is 2.39. The normalized spacial score (nSPS) is 13.9. The third-order valence-electron chi connectivity index (χ3n) is 5.95. The van der Waals surface area contributed by atoms with Crippen molar-refractivity contribution in [1.29, 1.82) is 0 Å². The van der Waals surface area contributed by atoms with Gasteiger partial charge in [0.2, 0.25) is 0 Å². The van der Waals surface area contributed by atoms with Crippen LogP contribution in [0.1, 0.15) is 29.8 Å². The minimum Gasteiger partial charge on any atom is -0.493 e. The van der Waals surface area contributed by atoms with Gasteiger partial charge in [0.25, 0.3) is 5.56 Å². The maximum absolute atomic E-state index is 13.5. The van der Waals surface area contributed by atoms with E-state index >= 15 is 0 Å². The molecule has 0 amide bonds. The second kappa shape index (κ2) is 9.93. The Kier molecular flexibility index (Phi) is 6.68. The van der Waals surface area contributed by atoms with Crippen LogP contribution in [0.5, 0.6) is 17.2 Å². The van der Waals surface area contributed by atoms with E-state index in [1.165, 1.54) is 40.0 Å². The number of aryl methyl sites for hydroxylation is 1. The van der Waals surface area contributed by atoms with Gasteiger partial charge in [-0.1, -0.05) is 24.3 Å². The summed E-state index contributed by atoms with van der Waals surface area (Å²) in [7, 11) is 1.58. The van der Waals surface area contributed by atoms with Crippen molar-refractivity contribution in [3.63, 3.8) is 0 Å². The molecule has 0 atom stereocenters. The minimum absolute atomic E-state index is 0.261. The Hall–Kier alpha value is -3.79. The topological polar surface area (TPSA) is 62.1 Å². The summed E-state index contributed by atoms with van der Waals surface area (Å²) < 4.78 is 54.9. The molecule has 0 saturated heterocycles. The second-order valence-corrected chi connectivity index (χ2v) is 9.55. The van der Waals surface area contributed by atoms with E-state index in [0.717, 1.165) is 24.1 Å². The SMILES string of the molecule is COc1cccc(C=Cc2nc3scc(C)n3c(=O)c2-c2ccc(OC(F)(F)F)cc2)c1OCC1CC1. The number of hydrogen-bond donors (Lipinski definition) is 0. The molecule has 2 heterocycles. The van der Waals surface area contributed by atoms with Crippen LogP contribution >= 0.6 is 11.3 Å². The fraction of sp³-hybridized carbons (Fsp3) is 0.259. The largest absolute Gasteiger partial charge is 0.573 e. The van der Waals surface area contributed by atoms with Gasteiger partial charge in [0.15, 0.2) is 16.5 Å². The first-order chi connectivity index (χ1) is 17.7. The summed E-state index contributed by atoms with van der Waals surface area (Å²) in [4.78, 5) is 18.8. The first-order valence-electron chi connectivity index (χ1n) is 11.6. The number of aromatic nitrogens is 2. The number of rotatable bonds is 8. The molecule has 0 N–H and O–H groups in total. The van der Waals surface area contributed by atoms with Crippen LogP contribution < -0.4 is 19.8 Å². The lowest BCUT2D eigenvalue weighted by Crippen LogP contribution is -2.19. The number of methoxy groups -OCH3 is 1. The monoisotopic (exact) mass is 528 g/mol. The van der Waals surface area contributed by atoms with Crippen molar-refractivity contribution in [2.24, 2.45) is 5.92 Å². The zero-order valence-electron chi connectivity index (χ0n) is 20.0. The Morgan fingerprint density at radius 2 is 1.89 bits per heavy atom. The Bertz CT molecular complexity index is 1520. The van der Waals surface area contributed by atoms with Crippen molar-refractivity contribution >= 4 is 28.4 Å². The molecule has 0 radical (unpaired) electrons. The van der Waals surface area contributed by atoms with Gasteiger partial charge < -0.3 is 14.2 Å². The number of halogens is 3. The fourth-order valence-corrected chi connectivity index (χ4v) is 4.81. The third-order valence-corrected chi connectivity index (χ3v) is 6.90. The van der Waals surface area contributed by atoms with E-state index in [9.17, 15) is 18.0 Å². The first-order valence-corrected chi connectivity index (χ1v) is 12.5. The van der Waals surface area contributed by atoms with Crippen molar-refractivity contribution in [2.75, 3.05) is 13.7 Å². The molecule has 1 aliphatic carbocycles. The molecule has 0 unspecified atom stereocenters. The summed E-state index contributed by atoms with van der Waals surface area (Å²) in [5.41, 5.74) is 2.22. The Morgan fingerprint density at radius 3 is 2.57 bits per heavy atom. The van der Waals surface area contributed by atoms with Gasteiger partial charge in [-0.15, -0.1) is 24.5 Å². The molecule has 10 heteroatoms. The number of nitrogens with zero attached hydrogens (tertiary/aromatic N) is 2. The van der Waals surface area contributed by atoms with Gasteiger partial charge in [-0.3, -0.25) is 9.20 Å². The molecule has 37 heavy (non-hydrogen) atoms. The molecule has 0 aliphatic heterocycles. The van der Waals surface area contributed by atoms with Gasteiger partial charge in [0.05, 0.1) is 25.0 Å². The Labute approximate surface area is 214 Å². The zero-order chi connectivity index (χ0) is 26.2. The van der Waals surface area contributed by atoms with E-state index in [-0.39, 0.29) is 16.9 Å². The standard InChI is InChI=1S/C27H23F3N2O4S/c1-16-15-37-26-31-21(13-10-19-4-3-5-22(34-2)24(19)35-14-17-6-7-17)23(25(33)32(16)26)18-8-11-20(12-9-18)36-27(28,29)30/h3-5,8-13,15,17H,6-7,14H2,1-2H3. The van der Waals surface area contributed by atoms with Crippen molar-refractivity contribution in [3.05, 3.63) is 75.1 Å². The minimum atomic E-state index is -4.81. The maximum Gasteiger partial charge on any atom is 0.573 e. The highest BCUT2D eigenvalue weighted by Crippen LogP contribution is 2.36. The zero-order valence-corrected chi connectivity index (χ0v) is 20.9. The second-order valence-electron chi connectivity index (χ2n) is 8.71. The first kappa shape index (κ1) is 24.9. The van der Waals surface area contributed by atoms with Gasteiger partial charge in [0, 0.05) is 16.6 Å². The number of fused-ring (bicyclic) bond motifs is 1. The smallest absolute Gasteiger partial charge is 0.493 e. The van der Waals surface area contributed by atoms with E-state index in [0.29, 0.717) is 40.2 Å². The van der Waals surface area contributed by atoms with Crippen LogP contribution in [-0.2, 0) is 0 Å². The lowest BCUT2D eigenvalue weighted by atomic mass is 10.0. The average molecular weight is 529 g/mol. The van der Waals surface area contributed by atoms with E-state index < -0.39 is 6.36 Å². The van der Waals surface area contributed by atoms with Crippen molar-refractivity contribution < 1.29 is 27.4 Å². The number of para-hydroxylation sites is 1. The summed E-state index contributed by atoms with van der Waals surface area (Å²) in [5.74, 6) is 1.38. The molecule has 0 bridgehead atoms. The molecular formula is C27H23F3N2O4S. The number of ether oxygens (including phenoxy) is 3. The molecule has 1 saturated carbocycles. The third kappa shape index (κ3) is 5.48. The molecule has 2 aromatic carbocycles. The molecule has 1 aliphatic rings. The van der Waals surface area contributed by atoms with E-state index in [2.05, 4.69) is 4.74 Å². The van der Waals surface area contributed by atoms with Crippen LogP contribution in [0.2, 0.25) is 0 Å². The molecule has 6 nitrogen and oxygen atoms in total. The highest BCUT2D eigenvalue weighted by atomic mass is 32.1. The summed E-state index contributed by atoms with van der Waals surface area (Å²) in [6, 6.07) is 10.7. The van der Waals surface area contributed by atoms with E-state index in [4.69, 9.17) is 14.5 Å². The molecule has 5 rings (SSSR count). The summed E-state index contributed by atoms with van der Waals surface area (Å²) in [5, 5.41) is 1.83. The molecule has 2 aromatic heterocycles. The molecule has 0 spiro atoms. The fourth-order valence-electron chi connectivity index (χ4n) is 3.95. The number of benzene rings is 2. The molecule has 1 fully saturated rings. The highest BCUT2D eigenvalue weighted by Gasteiger charge is 2.31. The van der Waals surface area contributed by atoms with Crippen molar-refractivity contribution in [3.8, 4) is 28.4 Å². The van der Waals surface area contributed by atoms with Gasteiger partial charge >= 0.3 is 6.36 Å². The number of hydrogen-bond acceptors (Lipinski definition) is 6. The quantitative estimate of drug-likeness (QED) is 0.258. The molecule has 192 valence electrons. The van der Waals surface area contributed by atoms with Gasteiger partial charge in [-0.2, -0.15) is 0 Å². The van der Waals surface area contributed by atoms with Gasteiger partial charge in [0.1, 0.15) is 5.75 Å². The molecular weight excluding hydrogens is 505 g/mol. The lowest BCUT2D eigenvalue weighted by molar-refractivity contribution is -0.274. The average Bonchev–Trinajstić information content (AvgIpc) is 3.62. The lowest BCUT2D eigenvalue weighted by Gasteiger charge is -2.13.